The zero-order valence-electron chi connectivity index (χ0n) is 10.2. The monoisotopic (exact) mass is 242 g/mol. The van der Waals surface area contributed by atoms with Crippen LogP contribution >= 0.6 is 0 Å². The summed E-state index contributed by atoms with van der Waals surface area (Å²) in [4.78, 5) is 20.3. The fourth-order valence-electron chi connectivity index (χ4n) is 2.28. The number of nitrogens with zero attached hydrogens (tertiary/aromatic N) is 2. The molecule has 1 aliphatic heterocycles. The quantitative estimate of drug-likeness (QED) is 0.844. The van der Waals surface area contributed by atoms with Crippen molar-refractivity contribution in [3.63, 3.8) is 0 Å². The summed E-state index contributed by atoms with van der Waals surface area (Å²) < 4.78 is 0. The number of anilines is 2. The first-order chi connectivity index (χ1) is 8.79. The summed E-state index contributed by atoms with van der Waals surface area (Å²) in [6, 6.07) is 3.94. The van der Waals surface area contributed by atoms with Crippen LogP contribution in [0.5, 0.6) is 0 Å². The van der Waals surface area contributed by atoms with Crippen LogP contribution < -0.4 is 10.6 Å². The second kappa shape index (κ2) is 4.25. The molecule has 92 valence electrons. The number of aromatic nitrogens is 2. The third-order valence-corrected chi connectivity index (χ3v) is 3.07. The normalized spacial score (nSPS) is 14.2. The first-order valence-corrected chi connectivity index (χ1v) is 6.11. The van der Waals surface area contributed by atoms with Gasteiger partial charge >= 0.3 is 0 Å². The standard InChI is InChI=1S/C13H14N4O/c1-2-14-13-11-8(4-3-7-15-11)9-5-6-10(18)16-12(9)17-13/h3-4,7H,2,5-6H2,1H3,(H2,14,16,17,18). The number of hydrogen-bond acceptors (Lipinski definition) is 4. The first kappa shape index (κ1) is 11.0. The van der Waals surface area contributed by atoms with Crippen molar-refractivity contribution in [1.29, 1.82) is 0 Å². The van der Waals surface area contributed by atoms with Crippen molar-refractivity contribution >= 4 is 28.4 Å². The third-order valence-electron chi connectivity index (χ3n) is 3.07. The highest BCUT2D eigenvalue weighted by atomic mass is 16.1. The lowest BCUT2D eigenvalue weighted by molar-refractivity contribution is -0.116. The van der Waals surface area contributed by atoms with Crippen molar-refractivity contribution in [2.45, 2.75) is 19.8 Å². The van der Waals surface area contributed by atoms with E-state index in [-0.39, 0.29) is 5.91 Å². The van der Waals surface area contributed by atoms with E-state index in [1.54, 1.807) is 6.20 Å². The highest BCUT2D eigenvalue weighted by Gasteiger charge is 2.20. The van der Waals surface area contributed by atoms with Crippen LogP contribution in [-0.4, -0.2) is 22.4 Å². The van der Waals surface area contributed by atoms with E-state index in [9.17, 15) is 4.79 Å². The number of carbonyl (C=O) groups excluding carboxylic acids is 1. The maximum atomic E-state index is 11.4. The number of rotatable bonds is 2. The summed E-state index contributed by atoms with van der Waals surface area (Å²) >= 11 is 0. The molecule has 0 atom stereocenters. The summed E-state index contributed by atoms with van der Waals surface area (Å²) in [5, 5.41) is 7.09. The van der Waals surface area contributed by atoms with Gasteiger partial charge in [0, 0.05) is 30.1 Å². The van der Waals surface area contributed by atoms with Crippen LogP contribution in [0.1, 0.15) is 18.9 Å². The lowest BCUT2D eigenvalue weighted by Crippen LogP contribution is -2.21. The highest BCUT2D eigenvalue weighted by Crippen LogP contribution is 2.31. The number of pyridine rings is 2. The van der Waals surface area contributed by atoms with E-state index in [1.165, 1.54) is 0 Å². The first-order valence-electron chi connectivity index (χ1n) is 6.11. The average molecular weight is 242 g/mol. The Morgan fingerprint density at radius 2 is 2.33 bits per heavy atom. The molecule has 1 aliphatic rings. The van der Waals surface area contributed by atoms with E-state index in [0.717, 1.165) is 35.2 Å². The van der Waals surface area contributed by atoms with Gasteiger partial charge in [0.15, 0.2) is 5.82 Å². The molecule has 5 heteroatoms. The molecule has 0 aliphatic carbocycles. The summed E-state index contributed by atoms with van der Waals surface area (Å²) in [5.41, 5.74) is 1.95. The molecule has 0 spiro atoms. The summed E-state index contributed by atoms with van der Waals surface area (Å²) in [5.74, 6) is 1.43. The predicted molar refractivity (Wildman–Crippen MR) is 70.7 cm³/mol. The number of fused-ring (bicyclic) bond motifs is 3. The third kappa shape index (κ3) is 1.68. The van der Waals surface area contributed by atoms with Crippen LogP contribution in [0.25, 0.3) is 10.9 Å². The van der Waals surface area contributed by atoms with Crippen LogP contribution in [0.2, 0.25) is 0 Å². The molecule has 5 nitrogen and oxygen atoms in total. The average Bonchev–Trinajstić information content (AvgIpc) is 2.39. The SMILES string of the molecule is CCNc1nc2c(c3cccnc13)CCC(=O)N2. The molecule has 0 fully saturated rings. The van der Waals surface area contributed by atoms with E-state index in [0.29, 0.717) is 12.2 Å². The summed E-state index contributed by atoms with van der Waals surface area (Å²) in [7, 11) is 0. The highest BCUT2D eigenvalue weighted by molar-refractivity contribution is 6.00. The van der Waals surface area contributed by atoms with Crippen molar-refractivity contribution in [2.24, 2.45) is 0 Å². The molecule has 0 bridgehead atoms. The minimum Gasteiger partial charge on any atom is -0.368 e. The summed E-state index contributed by atoms with van der Waals surface area (Å²) in [6.45, 7) is 2.78. The van der Waals surface area contributed by atoms with Gasteiger partial charge in [0.1, 0.15) is 11.3 Å². The molecule has 2 aromatic rings. The molecule has 0 unspecified atom stereocenters. The number of aryl methyl sites for hydroxylation is 1. The van der Waals surface area contributed by atoms with Gasteiger partial charge in [-0.2, -0.15) is 0 Å². The molecule has 3 rings (SSSR count). The second-order valence-corrected chi connectivity index (χ2v) is 4.27. The van der Waals surface area contributed by atoms with Crippen molar-refractivity contribution in [3.8, 4) is 0 Å². The van der Waals surface area contributed by atoms with Crippen LogP contribution in [-0.2, 0) is 11.2 Å². The zero-order valence-corrected chi connectivity index (χ0v) is 10.2. The van der Waals surface area contributed by atoms with Crippen molar-refractivity contribution in [1.82, 2.24) is 9.97 Å². The Labute approximate surface area is 105 Å². The fraction of sp³-hybridized carbons (Fsp3) is 0.308. The van der Waals surface area contributed by atoms with Gasteiger partial charge in [0.2, 0.25) is 5.91 Å². The maximum Gasteiger partial charge on any atom is 0.225 e. The number of nitrogens with one attached hydrogen (secondary N) is 2. The molecule has 0 radical (unpaired) electrons. The predicted octanol–water partition coefficient (Wildman–Crippen LogP) is 1.95. The number of carbonyl (C=O) groups is 1. The minimum absolute atomic E-state index is 0.0284. The minimum atomic E-state index is 0.0284. The van der Waals surface area contributed by atoms with Gasteiger partial charge in [-0.1, -0.05) is 6.07 Å². The molecule has 3 heterocycles. The second-order valence-electron chi connectivity index (χ2n) is 4.27. The van der Waals surface area contributed by atoms with Gasteiger partial charge in [-0.25, -0.2) is 4.98 Å². The van der Waals surface area contributed by atoms with Gasteiger partial charge in [-0.15, -0.1) is 0 Å². The lowest BCUT2D eigenvalue weighted by atomic mass is 10.0. The van der Waals surface area contributed by atoms with Crippen LogP contribution in [0.4, 0.5) is 11.6 Å². The Morgan fingerprint density at radius 1 is 1.44 bits per heavy atom. The van der Waals surface area contributed by atoms with Gasteiger partial charge in [0.05, 0.1) is 0 Å². The van der Waals surface area contributed by atoms with E-state index >= 15 is 0 Å². The molecule has 0 aromatic carbocycles. The molecular formula is C13H14N4O. The molecule has 2 N–H and O–H groups in total. The van der Waals surface area contributed by atoms with Gasteiger partial charge < -0.3 is 10.6 Å². The molecule has 2 aromatic heterocycles. The van der Waals surface area contributed by atoms with E-state index < -0.39 is 0 Å². The summed E-state index contributed by atoms with van der Waals surface area (Å²) in [6.07, 6.45) is 3.00. The molecule has 0 saturated heterocycles. The van der Waals surface area contributed by atoms with Crippen LogP contribution in [0.15, 0.2) is 18.3 Å². The fourth-order valence-corrected chi connectivity index (χ4v) is 2.28. The van der Waals surface area contributed by atoms with Crippen molar-refractivity contribution < 1.29 is 4.79 Å². The van der Waals surface area contributed by atoms with Crippen molar-refractivity contribution in [3.05, 3.63) is 23.9 Å². The van der Waals surface area contributed by atoms with E-state index in [1.807, 2.05) is 19.1 Å². The Morgan fingerprint density at radius 3 is 3.17 bits per heavy atom. The zero-order chi connectivity index (χ0) is 12.5. The van der Waals surface area contributed by atoms with E-state index in [4.69, 9.17) is 0 Å². The van der Waals surface area contributed by atoms with Gasteiger partial charge in [-0.05, 0) is 19.4 Å². The van der Waals surface area contributed by atoms with Crippen LogP contribution in [0.3, 0.4) is 0 Å². The Hall–Kier alpha value is -2.17. The van der Waals surface area contributed by atoms with Crippen molar-refractivity contribution in [2.75, 3.05) is 17.2 Å². The maximum absolute atomic E-state index is 11.4. The largest absolute Gasteiger partial charge is 0.368 e. The molecule has 1 amide bonds. The van der Waals surface area contributed by atoms with Crippen LogP contribution in [0, 0.1) is 0 Å². The Kier molecular flexibility index (Phi) is 2.59. The van der Waals surface area contributed by atoms with E-state index in [2.05, 4.69) is 20.6 Å². The molecular weight excluding hydrogens is 228 g/mol. The smallest absolute Gasteiger partial charge is 0.225 e. The topological polar surface area (TPSA) is 66.9 Å². The Balaban J connectivity index is 2.27. The Bertz CT molecular complexity index is 624. The van der Waals surface area contributed by atoms with Gasteiger partial charge in [0.25, 0.3) is 0 Å². The number of amides is 1. The number of hydrogen-bond donors (Lipinski definition) is 2. The van der Waals surface area contributed by atoms with Gasteiger partial charge in [-0.3, -0.25) is 9.78 Å². The lowest BCUT2D eigenvalue weighted by Gasteiger charge is -2.19. The molecule has 0 saturated carbocycles. The molecule has 18 heavy (non-hydrogen) atoms.